The Morgan fingerprint density at radius 3 is 2.64 bits per heavy atom. The molecule has 0 fully saturated rings. The van der Waals surface area contributed by atoms with Crippen molar-refractivity contribution in [3.63, 3.8) is 0 Å². The van der Waals surface area contributed by atoms with E-state index in [1.807, 2.05) is 13.0 Å². The van der Waals surface area contributed by atoms with Crippen molar-refractivity contribution in [3.05, 3.63) is 29.3 Å². The maximum Gasteiger partial charge on any atom is 0.339 e. The number of carbonyl (C=O) groups is 1. The molecule has 0 spiro atoms. The Bertz CT molecular complexity index is 460. The normalized spacial score (nSPS) is 12.1. The van der Waals surface area contributed by atoms with Gasteiger partial charge in [-0.05, 0) is 31.9 Å². The minimum Gasteiger partial charge on any atom is -0.493 e. The van der Waals surface area contributed by atoms with Gasteiger partial charge >= 0.3 is 5.97 Å². The van der Waals surface area contributed by atoms with Crippen molar-refractivity contribution in [1.82, 2.24) is 0 Å². The zero-order valence-electron chi connectivity index (χ0n) is 13.6. The minimum atomic E-state index is -0.930. The van der Waals surface area contributed by atoms with Gasteiger partial charge in [-0.25, -0.2) is 4.79 Å². The average molecular weight is 418 g/mol. The highest BCUT2D eigenvalue weighted by atomic mass is 127. The van der Waals surface area contributed by atoms with E-state index >= 15 is 0 Å². The molecule has 0 saturated carbocycles. The van der Waals surface area contributed by atoms with Crippen LogP contribution in [0, 0.1) is 6.92 Å². The van der Waals surface area contributed by atoms with E-state index in [4.69, 9.17) is 4.74 Å². The Kier molecular flexibility index (Phi) is 9.52. The number of rotatable bonds is 11. The number of aromatic carboxylic acids is 1. The molecule has 0 amide bonds. The number of benzene rings is 1. The lowest BCUT2D eigenvalue weighted by atomic mass is 10.1. The Hall–Kier alpha value is -0.780. The Labute approximate surface area is 147 Å². The molecule has 4 heteroatoms. The van der Waals surface area contributed by atoms with Gasteiger partial charge in [0.05, 0.1) is 6.61 Å². The molecule has 1 atom stereocenters. The monoisotopic (exact) mass is 418 g/mol. The van der Waals surface area contributed by atoms with Crippen LogP contribution in [0.5, 0.6) is 5.75 Å². The van der Waals surface area contributed by atoms with E-state index in [2.05, 4.69) is 29.5 Å². The van der Waals surface area contributed by atoms with Gasteiger partial charge in [0.1, 0.15) is 11.3 Å². The number of aryl methyl sites for hydroxylation is 1. The van der Waals surface area contributed by atoms with Crippen molar-refractivity contribution in [2.75, 3.05) is 6.61 Å². The zero-order valence-corrected chi connectivity index (χ0v) is 15.8. The lowest BCUT2D eigenvalue weighted by Crippen LogP contribution is -2.09. The van der Waals surface area contributed by atoms with Crippen molar-refractivity contribution >= 4 is 28.6 Å². The van der Waals surface area contributed by atoms with Crippen LogP contribution in [0.4, 0.5) is 0 Å². The summed E-state index contributed by atoms with van der Waals surface area (Å²) in [4.78, 5) is 11.2. The third-order valence-electron chi connectivity index (χ3n) is 3.68. The molecule has 0 aliphatic heterocycles. The van der Waals surface area contributed by atoms with Crippen LogP contribution < -0.4 is 4.74 Å². The smallest absolute Gasteiger partial charge is 0.339 e. The number of hydrogen-bond donors (Lipinski definition) is 1. The lowest BCUT2D eigenvalue weighted by molar-refractivity contribution is 0.0692. The number of carboxylic acid groups (broad SMARTS) is 1. The van der Waals surface area contributed by atoms with Crippen molar-refractivity contribution in [3.8, 4) is 5.75 Å². The van der Waals surface area contributed by atoms with E-state index in [-0.39, 0.29) is 5.56 Å². The predicted molar refractivity (Wildman–Crippen MR) is 99.4 cm³/mol. The Morgan fingerprint density at radius 2 is 1.95 bits per heavy atom. The summed E-state index contributed by atoms with van der Waals surface area (Å²) in [6.45, 7) is 4.69. The molecule has 3 nitrogen and oxygen atoms in total. The van der Waals surface area contributed by atoms with Crippen LogP contribution in [0.15, 0.2) is 18.2 Å². The molecule has 0 saturated heterocycles. The number of unbranched alkanes of at least 4 members (excludes halogenated alkanes) is 4. The second-order valence-electron chi connectivity index (χ2n) is 5.74. The van der Waals surface area contributed by atoms with Gasteiger partial charge in [0.2, 0.25) is 0 Å². The second kappa shape index (κ2) is 10.9. The highest BCUT2D eigenvalue weighted by molar-refractivity contribution is 14.1. The molecule has 22 heavy (non-hydrogen) atoms. The van der Waals surface area contributed by atoms with Crippen LogP contribution in [0.1, 0.15) is 67.8 Å². The molecule has 0 heterocycles. The topological polar surface area (TPSA) is 46.5 Å². The van der Waals surface area contributed by atoms with Crippen molar-refractivity contribution in [2.45, 2.75) is 62.7 Å². The van der Waals surface area contributed by atoms with Crippen molar-refractivity contribution < 1.29 is 14.6 Å². The fourth-order valence-corrected chi connectivity index (χ4v) is 3.04. The predicted octanol–water partition coefficient (Wildman–Crippen LogP) is 5.63. The van der Waals surface area contributed by atoms with Crippen LogP contribution in [0.2, 0.25) is 0 Å². The van der Waals surface area contributed by atoms with E-state index in [0.717, 1.165) is 12.0 Å². The molecule has 1 rings (SSSR count). The third kappa shape index (κ3) is 7.47. The Morgan fingerprint density at radius 1 is 1.23 bits per heavy atom. The number of halogens is 1. The molecule has 0 aliphatic carbocycles. The molecule has 124 valence electrons. The zero-order chi connectivity index (χ0) is 16.4. The first-order valence-electron chi connectivity index (χ1n) is 8.15. The molecular formula is C18H27IO3. The lowest BCUT2D eigenvalue weighted by Gasteiger charge is -2.13. The van der Waals surface area contributed by atoms with Crippen LogP contribution in [0.25, 0.3) is 0 Å². The number of ether oxygens (including phenoxy) is 1. The summed E-state index contributed by atoms with van der Waals surface area (Å²) in [6.07, 6.45) is 8.72. The molecule has 1 aromatic rings. The van der Waals surface area contributed by atoms with E-state index in [0.29, 0.717) is 16.3 Å². The summed E-state index contributed by atoms with van der Waals surface area (Å²) in [7, 11) is 0. The quantitative estimate of drug-likeness (QED) is 0.288. The summed E-state index contributed by atoms with van der Waals surface area (Å²) in [5.74, 6) is -0.453. The molecule has 0 radical (unpaired) electrons. The fraction of sp³-hybridized carbons (Fsp3) is 0.611. The standard InChI is InChI=1S/C18H27IO3/c1-3-4-5-6-7-8-15(19)11-12-22-17-10-9-14(2)13-16(17)18(20)21/h9-10,13,15H,3-8,11-12H2,1-2H3,(H,20,21). The van der Waals surface area contributed by atoms with E-state index in [9.17, 15) is 9.90 Å². The number of alkyl halides is 1. The van der Waals surface area contributed by atoms with E-state index in [1.54, 1.807) is 12.1 Å². The average Bonchev–Trinajstić information content (AvgIpc) is 2.48. The Balaban J connectivity index is 2.30. The van der Waals surface area contributed by atoms with Gasteiger partial charge in [0.25, 0.3) is 0 Å². The second-order valence-corrected chi connectivity index (χ2v) is 7.50. The first-order valence-corrected chi connectivity index (χ1v) is 9.40. The summed E-state index contributed by atoms with van der Waals surface area (Å²) in [6, 6.07) is 5.30. The highest BCUT2D eigenvalue weighted by Crippen LogP contribution is 2.22. The molecule has 1 aromatic carbocycles. The molecule has 0 aliphatic rings. The summed E-state index contributed by atoms with van der Waals surface area (Å²) >= 11 is 2.48. The summed E-state index contributed by atoms with van der Waals surface area (Å²) in [5.41, 5.74) is 1.19. The highest BCUT2D eigenvalue weighted by Gasteiger charge is 2.12. The van der Waals surface area contributed by atoms with Crippen LogP contribution in [-0.2, 0) is 0 Å². The summed E-state index contributed by atoms with van der Waals surface area (Å²) < 4.78 is 6.28. The molecule has 0 aromatic heterocycles. The van der Waals surface area contributed by atoms with Gasteiger partial charge in [-0.3, -0.25) is 0 Å². The van der Waals surface area contributed by atoms with Gasteiger partial charge in [-0.2, -0.15) is 0 Å². The van der Waals surface area contributed by atoms with Gasteiger partial charge < -0.3 is 9.84 Å². The summed E-state index contributed by atoms with van der Waals surface area (Å²) in [5, 5.41) is 9.20. The van der Waals surface area contributed by atoms with Gasteiger partial charge in [-0.15, -0.1) is 0 Å². The van der Waals surface area contributed by atoms with Gasteiger partial charge in [-0.1, -0.05) is 73.2 Å². The molecular weight excluding hydrogens is 391 g/mol. The fourth-order valence-electron chi connectivity index (χ4n) is 2.35. The number of carboxylic acids is 1. The molecule has 0 bridgehead atoms. The number of hydrogen-bond acceptors (Lipinski definition) is 2. The van der Waals surface area contributed by atoms with Crippen LogP contribution in [-0.4, -0.2) is 21.6 Å². The van der Waals surface area contributed by atoms with Crippen LogP contribution in [0.3, 0.4) is 0 Å². The van der Waals surface area contributed by atoms with E-state index in [1.165, 1.54) is 38.5 Å². The first kappa shape index (κ1) is 19.3. The van der Waals surface area contributed by atoms with E-state index < -0.39 is 5.97 Å². The maximum absolute atomic E-state index is 11.2. The van der Waals surface area contributed by atoms with Gasteiger partial charge in [0.15, 0.2) is 0 Å². The largest absolute Gasteiger partial charge is 0.493 e. The molecule has 1 N–H and O–H groups in total. The van der Waals surface area contributed by atoms with Crippen LogP contribution >= 0.6 is 22.6 Å². The maximum atomic E-state index is 11.2. The SMILES string of the molecule is CCCCCCCC(I)CCOc1ccc(C)cc1C(=O)O. The first-order chi connectivity index (χ1) is 10.5. The van der Waals surface area contributed by atoms with Gasteiger partial charge in [0, 0.05) is 3.92 Å². The molecule has 1 unspecified atom stereocenters. The van der Waals surface area contributed by atoms with Crippen molar-refractivity contribution in [1.29, 1.82) is 0 Å². The van der Waals surface area contributed by atoms with Crippen molar-refractivity contribution in [2.24, 2.45) is 0 Å². The minimum absolute atomic E-state index is 0.254. The third-order valence-corrected chi connectivity index (χ3v) is 4.92.